The maximum Gasteiger partial charge on any atom is 0.222 e. The Morgan fingerprint density at radius 2 is 1.84 bits per heavy atom. The Labute approximate surface area is 118 Å². The molecule has 110 valence electrons. The summed E-state index contributed by atoms with van der Waals surface area (Å²) in [6.45, 7) is 14.4. The summed E-state index contributed by atoms with van der Waals surface area (Å²) >= 11 is 0. The molecule has 3 heteroatoms. The van der Waals surface area contributed by atoms with Gasteiger partial charge >= 0.3 is 0 Å². The summed E-state index contributed by atoms with van der Waals surface area (Å²) in [6.07, 6.45) is 2.01. The molecule has 0 spiro atoms. The van der Waals surface area contributed by atoms with Crippen LogP contribution in [-0.4, -0.2) is 48.4 Å². The van der Waals surface area contributed by atoms with Gasteiger partial charge in [0, 0.05) is 25.6 Å². The van der Waals surface area contributed by atoms with Crippen LogP contribution in [0.25, 0.3) is 0 Å². The van der Waals surface area contributed by atoms with Gasteiger partial charge in [-0.15, -0.1) is 0 Å². The van der Waals surface area contributed by atoms with Crippen molar-refractivity contribution < 1.29 is 4.79 Å². The highest BCUT2D eigenvalue weighted by molar-refractivity contribution is 5.78. The van der Waals surface area contributed by atoms with Crippen molar-refractivity contribution in [2.75, 3.05) is 26.7 Å². The lowest BCUT2D eigenvalue weighted by atomic mass is 9.77. The number of hydrogen-bond donors (Lipinski definition) is 0. The van der Waals surface area contributed by atoms with Crippen LogP contribution in [0.3, 0.4) is 0 Å². The zero-order valence-electron chi connectivity index (χ0n) is 13.5. The normalized spacial score (nSPS) is 29.8. The maximum atomic E-state index is 12.2. The average molecular weight is 266 g/mol. The molecule has 0 radical (unpaired) electrons. The average Bonchev–Trinajstić information content (AvgIpc) is 2.56. The van der Waals surface area contributed by atoms with E-state index in [-0.39, 0.29) is 10.8 Å². The minimum Gasteiger partial charge on any atom is -0.342 e. The third-order valence-electron chi connectivity index (χ3n) is 5.23. The van der Waals surface area contributed by atoms with Gasteiger partial charge in [0.05, 0.1) is 0 Å². The smallest absolute Gasteiger partial charge is 0.222 e. The van der Waals surface area contributed by atoms with Gasteiger partial charge in [0.1, 0.15) is 0 Å². The second-order valence-electron chi connectivity index (χ2n) is 8.31. The van der Waals surface area contributed by atoms with Gasteiger partial charge in [-0.25, -0.2) is 0 Å². The van der Waals surface area contributed by atoms with Crippen LogP contribution in [-0.2, 0) is 4.79 Å². The third-order valence-corrected chi connectivity index (χ3v) is 5.23. The third kappa shape index (κ3) is 2.96. The fraction of sp³-hybridized carbons (Fsp3) is 0.938. The van der Waals surface area contributed by atoms with Crippen molar-refractivity contribution in [1.29, 1.82) is 0 Å². The Balaban J connectivity index is 1.98. The van der Waals surface area contributed by atoms with E-state index in [0.717, 1.165) is 19.5 Å². The van der Waals surface area contributed by atoms with Crippen LogP contribution in [0, 0.1) is 16.7 Å². The summed E-state index contributed by atoms with van der Waals surface area (Å²) in [7, 11) is 2.19. The standard InChI is InChI=1S/C16H30N2O/c1-15(2,3)12-9-14(19)18(10-12)11-16(4,5)13-7-8-17(13)6/h12-13H,7-11H2,1-6H3. The molecule has 2 unspecified atom stereocenters. The van der Waals surface area contributed by atoms with Gasteiger partial charge in [-0.2, -0.15) is 0 Å². The van der Waals surface area contributed by atoms with Crippen LogP contribution in [0.1, 0.15) is 47.5 Å². The molecule has 19 heavy (non-hydrogen) atoms. The predicted octanol–water partition coefficient (Wildman–Crippen LogP) is 2.61. The lowest BCUT2D eigenvalue weighted by Crippen LogP contribution is -2.56. The number of likely N-dealkylation sites (tertiary alicyclic amines) is 2. The topological polar surface area (TPSA) is 23.6 Å². The number of amides is 1. The minimum absolute atomic E-state index is 0.204. The molecule has 0 bridgehead atoms. The van der Waals surface area contributed by atoms with Crippen molar-refractivity contribution in [3.05, 3.63) is 0 Å². The summed E-state index contributed by atoms with van der Waals surface area (Å²) in [6, 6.07) is 0.633. The van der Waals surface area contributed by atoms with E-state index >= 15 is 0 Å². The van der Waals surface area contributed by atoms with Gasteiger partial charge in [0.25, 0.3) is 0 Å². The van der Waals surface area contributed by atoms with E-state index in [0.29, 0.717) is 17.9 Å². The van der Waals surface area contributed by atoms with E-state index < -0.39 is 0 Å². The highest BCUT2D eigenvalue weighted by Gasteiger charge is 2.43. The van der Waals surface area contributed by atoms with E-state index in [1.165, 1.54) is 13.0 Å². The van der Waals surface area contributed by atoms with Gasteiger partial charge in [0.2, 0.25) is 5.91 Å². The molecule has 0 aliphatic carbocycles. The molecule has 3 nitrogen and oxygen atoms in total. The first-order chi connectivity index (χ1) is 8.61. The maximum absolute atomic E-state index is 12.2. The second-order valence-corrected chi connectivity index (χ2v) is 8.31. The molecule has 2 aliphatic heterocycles. The number of carbonyl (C=O) groups excluding carboxylic acids is 1. The first kappa shape index (κ1) is 14.8. The quantitative estimate of drug-likeness (QED) is 0.784. The van der Waals surface area contributed by atoms with Gasteiger partial charge in [-0.05, 0) is 36.8 Å². The summed E-state index contributed by atoms with van der Waals surface area (Å²) in [5.74, 6) is 0.866. The number of rotatable bonds is 3. The largest absolute Gasteiger partial charge is 0.342 e. The van der Waals surface area contributed by atoms with Crippen LogP contribution in [0.5, 0.6) is 0 Å². The van der Waals surface area contributed by atoms with Gasteiger partial charge in [-0.3, -0.25) is 4.79 Å². The first-order valence-electron chi connectivity index (χ1n) is 7.59. The van der Waals surface area contributed by atoms with E-state index in [1.54, 1.807) is 0 Å². The minimum atomic E-state index is 0.204. The van der Waals surface area contributed by atoms with Gasteiger partial charge in [0.15, 0.2) is 0 Å². The molecule has 0 aromatic heterocycles. The fourth-order valence-corrected chi connectivity index (χ4v) is 3.61. The van der Waals surface area contributed by atoms with Crippen molar-refractivity contribution in [2.24, 2.45) is 16.7 Å². The van der Waals surface area contributed by atoms with Crippen LogP contribution >= 0.6 is 0 Å². The van der Waals surface area contributed by atoms with Crippen LogP contribution in [0.4, 0.5) is 0 Å². The second kappa shape index (κ2) is 4.76. The van der Waals surface area contributed by atoms with E-state index in [1.807, 2.05) is 0 Å². The Morgan fingerprint density at radius 3 is 2.21 bits per heavy atom. The molecule has 2 heterocycles. The van der Waals surface area contributed by atoms with Crippen LogP contribution in [0.15, 0.2) is 0 Å². The zero-order chi connectivity index (χ0) is 14.4. The molecule has 0 saturated carbocycles. The monoisotopic (exact) mass is 266 g/mol. The molecule has 0 N–H and O–H groups in total. The highest BCUT2D eigenvalue weighted by atomic mass is 16.2. The van der Waals surface area contributed by atoms with Crippen molar-refractivity contribution in [3.63, 3.8) is 0 Å². The fourth-order valence-electron chi connectivity index (χ4n) is 3.61. The zero-order valence-corrected chi connectivity index (χ0v) is 13.5. The van der Waals surface area contributed by atoms with Crippen molar-refractivity contribution in [2.45, 2.75) is 53.5 Å². The summed E-state index contributed by atoms with van der Waals surface area (Å²) in [5.41, 5.74) is 0.442. The molecular weight excluding hydrogens is 236 g/mol. The van der Waals surface area contributed by atoms with Crippen LogP contribution < -0.4 is 0 Å². The molecule has 1 amide bonds. The predicted molar refractivity (Wildman–Crippen MR) is 79.0 cm³/mol. The molecule has 2 aliphatic rings. The number of hydrogen-bond acceptors (Lipinski definition) is 2. The Morgan fingerprint density at radius 1 is 1.21 bits per heavy atom. The molecule has 2 atom stereocenters. The molecule has 0 aromatic carbocycles. The first-order valence-corrected chi connectivity index (χ1v) is 7.59. The molecule has 0 aromatic rings. The van der Waals surface area contributed by atoms with Crippen LogP contribution in [0.2, 0.25) is 0 Å². The molecular formula is C16H30N2O. The Kier molecular flexibility index (Phi) is 3.72. The van der Waals surface area contributed by atoms with Crippen molar-refractivity contribution in [1.82, 2.24) is 9.80 Å². The van der Waals surface area contributed by atoms with Gasteiger partial charge in [-0.1, -0.05) is 34.6 Å². The van der Waals surface area contributed by atoms with E-state index in [4.69, 9.17) is 0 Å². The van der Waals surface area contributed by atoms with Crippen molar-refractivity contribution in [3.8, 4) is 0 Å². The lowest BCUT2D eigenvalue weighted by molar-refractivity contribution is -0.130. The lowest BCUT2D eigenvalue weighted by Gasteiger charge is -2.49. The van der Waals surface area contributed by atoms with E-state index in [9.17, 15) is 4.79 Å². The van der Waals surface area contributed by atoms with Crippen molar-refractivity contribution >= 4 is 5.91 Å². The number of carbonyl (C=O) groups is 1. The summed E-state index contributed by atoms with van der Waals surface area (Å²) in [5, 5.41) is 0. The summed E-state index contributed by atoms with van der Waals surface area (Å²) < 4.78 is 0. The molecule has 2 rings (SSSR count). The van der Waals surface area contributed by atoms with Gasteiger partial charge < -0.3 is 9.80 Å². The molecule has 2 saturated heterocycles. The van der Waals surface area contributed by atoms with E-state index in [2.05, 4.69) is 51.5 Å². The number of nitrogens with zero attached hydrogens (tertiary/aromatic N) is 2. The highest BCUT2D eigenvalue weighted by Crippen LogP contribution is 2.38. The molecule has 2 fully saturated rings. The Bertz CT molecular complexity index is 356. The summed E-state index contributed by atoms with van der Waals surface area (Å²) in [4.78, 5) is 16.8. The SMILES string of the molecule is CN1CCC1C(C)(C)CN1CC(C(C)(C)C)CC1=O. The Hall–Kier alpha value is -0.570.